The van der Waals surface area contributed by atoms with Gasteiger partial charge in [-0.2, -0.15) is 0 Å². The number of thioether (sulfide) groups is 1. The van der Waals surface area contributed by atoms with Gasteiger partial charge in [-0.15, -0.1) is 10.2 Å². The van der Waals surface area contributed by atoms with Crippen LogP contribution in [-0.4, -0.2) is 20.7 Å². The molecule has 1 amide bonds. The molecule has 2 aromatic carbocycles. The number of carbonyl (C=O) groups is 1. The molecular formula is C18H16Cl2N4OS. The minimum absolute atomic E-state index is 0.242. The molecule has 0 fully saturated rings. The normalized spacial score (nSPS) is 10.7. The third kappa shape index (κ3) is 4.58. The third-order valence-electron chi connectivity index (χ3n) is 3.73. The van der Waals surface area contributed by atoms with Crippen LogP contribution in [0.4, 0.5) is 0 Å². The van der Waals surface area contributed by atoms with E-state index in [1.165, 1.54) is 0 Å². The van der Waals surface area contributed by atoms with Crippen LogP contribution in [-0.2, 0) is 19.3 Å². The van der Waals surface area contributed by atoms with Gasteiger partial charge in [0.25, 0.3) is 5.91 Å². The lowest BCUT2D eigenvalue weighted by Crippen LogP contribution is -2.24. The zero-order valence-electron chi connectivity index (χ0n) is 13.9. The van der Waals surface area contributed by atoms with Crippen molar-refractivity contribution in [3.05, 3.63) is 75.5 Å². The Kier molecular flexibility index (Phi) is 6.19. The highest BCUT2D eigenvalue weighted by Gasteiger charge is 2.13. The minimum Gasteiger partial charge on any atom is -0.345 e. The summed E-state index contributed by atoms with van der Waals surface area (Å²) in [6.07, 6.45) is 0. The van der Waals surface area contributed by atoms with Crippen molar-refractivity contribution in [3.8, 4) is 0 Å². The Bertz CT molecular complexity index is 912. The summed E-state index contributed by atoms with van der Waals surface area (Å²) in [5, 5.41) is 13.1. The Balaban J connectivity index is 1.59. The van der Waals surface area contributed by atoms with Gasteiger partial charge < -0.3 is 9.88 Å². The molecule has 0 spiro atoms. The quantitative estimate of drug-likeness (QED) is 0.618. The summed E-state index contributed by atoms with van der Waals surface area (Å²) in [5.74, 6) is 1.19. The van der Waals surface area contributed by atoms with Gasteiger partial charge in [0.15, 0.2) is 11.0 Å². The maximum atomic E-state index is 12.2. The van der Waals surface area contributed by atoms with E-state index >= 15 is 0 Å². The number of nitrogens with one attached hydrogen (secondary N) is 1. The average Bonchev–Trinajstić information content (AvgIpc) is 2.99. The first-order chi connectivity index (χ1) is 12.5. The second-order valence-corrected chi connectivity index (χ2v) is 7.32. The fraction of sp³-hybridized carbons (Fsp3) is 0.167. The number of benzene rings is 2. The Morgan fingerprint density at radius 1 is 1.12 bits per heavy atom. The smallest absolute Gasteiger partial charge is 0.253 e. The van der Waals surface area contributed by atoms with Crippen molar-refractivity contribution < 1.29 is 4.79 Å². The van der Waals surface area contributed by atoms with Gasteiger partial charge in [-0.1, -0.05) is 59.2 Å². The molecule has 1 aromatic heterocycles. The van der Waals surface area contributed by atoms with E-state index in [4.69, 9.17) is 23.2 Å². The molecule has 5 nitrogen and oxygen atoms in total. The van der Waals surface area contributed by atoms with Crippen molar-refractivity contribution in [2.45, 2.75) is 17.5 Å². The monoisotopic (exact) mass is 406 g/mol. The van der Waals surface area contributed by atoms with Gasteiger partial charge in [0.1, 0.15) is 0 Å². The van der Waals surface area contributed by atoms with Gasteiger partial charge in [-0.05, 0) is 29.8 Å². The first-order valence-electron chi connectivity index (χ1n) is 7.83. The first kappa shape index (κ1) is 18.8. The Labute approximate surface area is 165 Å². The lowest BCUT2D eigenvalue weighted by atomic mass is 10.2. The van der Waals surface area contributed by atoms with Crippen molar-refractivity contribution in [2.75, 3.05) is 0 Å². The number of hydrogen-bond donors (Lipinski definition) is 1. The number of amides is 1. The standard InChI is InChI=1S/C18H16Cl2N4OS/c1-24-16(10-21-17(25)14-4-2-3-5-15(14)20)22-23-18(24)26-11-12-6-8-13(19)9-7-12/h2-9H,10-11H2,1H3,(H,21,25). The van der Waals surface area contributed by atoms with Crippen LogP contribution >= 0.6 is 35.0 Å². The Hall–Kier alpha value is -2.02. The molecule has 1 N–H and O–H groups in total. The predicted octanol–water partition coefficient (Wildman–Crippen LogP) is 4.34. The average molecular weight is 407 g/mol. The molecule has 3 rings (SSSR count). The van der Waals surface area contributed by atoms with Gasteiger partial charge in [0.05, 0.1) is 17.1 Å². The summed E-state index contributed by atoms with van der Waals surface area (Å²) in [4.78, 5) is 12.2. The fourth-order valence-corrected chi connectivity index (χ4v) is 3.49. The molecule has 8 heteroatoms. The van der Waals surface area contributed by atoms with E-state index in [1.807, 2.05) is 35.9 Å². The molecule has 0 atom stereocenters. The van der Waals surface area contributed by atoms with E-state index in [0.717, 1.165) is 16.5 Å². The summed E-state index contributed by atoms with van der Waals surface area (Å²) in [6.45, 7) is 0.273. The summed E-state index contributed by atoms with van der Waals surface area (Å²) in [5.41, 5.74) is 1.59. The highest BCUT2D eigenvalue weighted by molar-refractivity contribution is 7.98. The molecule has 0 unspecified atom stereocenters. The van der Waals surface area contributed by atoms with Gasteiger partial charge in [-0.25, -0.2) is 0 Å². The minimum atomic E-state index is -0.242. The summed E-state index contributed by atoms with van der Waals surface area (Å²) in [7, 11) is 1.88. The Morgan fingerprint density at radius 3 is 2.58 bits per heavy atom. The highest BCUT2D eigenvalue weighted by Crippen LogP contribution is 2.22. The van der Waals surface area contributed by atoms with Gasteiger partial charge >= 0.3 is 0 Å². The molecule has 1 heterocycles. The molecule has 3 aromatic rings. The molecule has 0 aliphatic rings. The van der Waals surface area contributed by atoms with E-state index in [1.54, 1.807) is 36.0 Å². The van der Waals surface area contributed by atoms with Crippen LogP contribution in [0.15, 0.2) is 53.7 Å². The van der Waals surface area contributed by atoms with Crippen LogP contribution in [0.1, 0.15) is 21.7 Å². The van der Waals surface area contributed by atoms with Crippen LogP contribution in [0.2, 0.25) is 10.0 Å². The van der Waals surface area contributed by atoms with E-state index in [2.05, 4.69) is 15.5 Å². The lowest BCUT2D eigenvalue weighted by Gasteiger charge is -2.07. The molecular weight excluding hydrogens is 391 g/mol. The lowest BCUT2D eigenvalue weighted by molar-refractivity contribution is 0.0949. The van der Waals surface area contributed by atoms with Crippen LogP contribution in [0.3, 0.4) is 0 Å². The zero-order chi connectivity index (χ0) is 18.5. The third-order valence-corrected chi connectivity index (χ3v) is 5.40. The van der Waals surface area contributed by atoms with Crippen molar-refractivity contribution in [1.29, 1.82) is 0 Å². The molecule has 0 saturated carbocycles. The van der Waals surface area contributed by atoms with Crippen LogP contribution in [0.25, 0.3) is 0 Å². The molecule has 0 radical (unpaired) electrons. The Morgan fingerprint density at radius 2 is 1.85 bits per heavy atom. The van der Waals surface area contributed by atoms with Crippen molar-refractivity contribution in [2.24, 2.45) is 7.05 Å². The van der Waals surface area contributed by atoms with Gasteiger partial charge in [0, 0.05) is 17.8 Å². The zero-order valence-corrected chi connectivity index (χ0v) is 16.3. The largest absolute Gasteiger partial charge is 0.345 e. The number of rotatable bonds is 6. The highest BCUT2D eigenvalue weighted by atomic mass is 35.5. The predicted molar refractivity (Wildman–Crippen MR) is 105 cm³/mol. The number of aromatic nitrogens is 3. The molecule has 134 valence electrons. The van der Waals surface area contributed by atoms with E-state index < -0.39 is 0 Å². The van der Waals surface area contributed by atoms with E-state index in [-0.39, 0.29) is 12.5 Å². The number of halogens is 2. The molecule has 0 saturated heterocycles. The second kappa shape index (κ2) is 8.58. The number of carbonyl (C=O) groups excluding carboxylic acids is 1. The summed E-state index contributed by atoms with van der Waals surface area (Å²) in [6, 6.07) is 14.6. The summed E-state index contributed by atoms with van der Waals surface area (Å²) < 4.78 is 1.87. The molecule has 0 aliphatic heterocycles. The van der Waals surface area contributed by atoms with Crippen molar-refractivity contribution in [3.63, 3.8) is 0 Å². The van der Waals surface area contributed by atoms with Crippen molar-refractivity contribution >= 4 is 40.9 Å². The topological polar surface area (TPSA) is 59.8 Å². The van der Waals surface area contributed by atoms with Crippen LogP contribution in [0, 0.1) is 0 Å². The summed E-state index contributed by atoms with van der Waals surface area (Å²) >= 11 is 13.5. The van der Waals surface area contributed by atoms with Crippen LogP contribution < -0.4 is 5.32 Å². The van der Waals surface area contributed by atoms with Gasteiger partial charge in [0.2, 0.25) is 0 Å². The SMILES string of the molecule is Cn1c(CNC(=O)c2ccccc2Cl)nnc1SCc1ccc(Cl)cc1. The molecule has 0 bridgehead atoms. The molecule has 26 heavy (non-hydrogen) atoms. The van der Waals surface area contributed by atoms with E-state index in [9.17, 15) is 4.79 Å². The molecule has 0 aliphatic carbocycles. The number of nitrogens with zero attached hydrogens (tertiary/aromatic N) is 3. The number of hydrogen-bond acceptors (Lipinski definition) is 4. The fourth-order valence-electron chi connectivity index (χ4n) is 2.25. The first-order valence-corrected chi connectivity index (χ1v) is 9.57. The van der Waals surface area contributed by atoms with Crippen molar-refractivity contribution in [1.82, 2.24) is 20.1 Å². The second-order valence-electron chi connectivity index (χ2n) is 5.54. The van der Waals surface area contributed by atoms with Gasteiger partial charge in [-0.3, -0.25) is 4.79 Å². The maximum absolute atomic E-state index is 12.2. The van der Waals surface area contributed by atoms with Crippen LogP contribution in [0.5, 0.6) is 0 Å². The maximum Gasteiger partial charge on any atom is 0.253 e. The van der Waals surface area contributed by atoms with E-state index in [0.29, 0.717) is 21.4 Å².